The van der Waals surface area contributed by atoms with Crippen LogP contribution in [0.3, 0.4) is 0 Å². The van der Waals surface area contributed by atoms with E-state index in [0.29, 0.717) is 16.3 Å². The summed E-state index contributed by atoms with van der Waals surface area (Å²) < 4.78 is 1.71. The van der Waals surface area contributed by atoms with Gasteiger partial charge in [-0.15, -0.1) is 0 Å². The molecule has 0 radical (unpaired) electrons. The van der Waals surface area contributed by atoms with E-state index >= 15 is 0 Å². The number of anilines is 1. The maximum absolute atomic E-state index is 13.1. The Labute approximate surface area is 168 Å². The molecule has 28 heavy (non-hydrogen) atoms. The lowest BCUT2D eigenvalue weighted by Gasteiger charge is -2.06. The topological polar surface area (TPSA) is 46.9 Å². The van der Waals surface area contributed by atoms with E-state index in [4.69, 9.17) is 11.6 Å². The largest absolute Gasteiger partial charge is 0.322 e. The monoisotopic (exact) mass is 387 g/mol. The first-order chi connectivity index (χ1) is 13.6. The summed E-state index contributed by atoms with van der Waals surface area (Å²) in [5, 5.41) is 8.23. The number of rotatable bonds is 4. The number of halogens is 1. The molecule has 0 bridgehead atoms. The highest BCUT2D eigenvalue weighted by molar-refractivity contribution is 6.30. The predicted octanol–water partition coefficient (Wildman–Crippen LogP) is 5.75. The van der Waals surface area contributed by atoms with Gasteiger partial charge in [-0.1, -0.05) is 54.1 Å². The molecule has 138 valence electrons. The molecule has 0 aliphatic carbocycles. The number of aryl methyl sites for hydroxylation is 1. The van der Waals surface area contributed by atoms with E-state index in [0.717, 1.165) is 22.5 Å². The smallest absolute Gasteiger partial charge is 0.259 e. The summed E-state index contributed by atoms with van der Waals surface area (Å²) >= 11 is 6.16. The number of benzene rings is 3. The molecule has 1 N–H and O–H groups in total. The summed E-state index contributed by atoms with van der Waals surface area (Å²) in [5.41, 5.74) is 4.54. The molecule has 0 aliphatic heterocycles. The number of para-hydroxylation sites is 1. The number of aromatic nitrogens is 2. The second-order valence-corrected chi connectivity index (χ2v) is 6.94. The number of carbonyl (C=O) groups excluding carboxylic acids is 1. The van der Waals surface area contributed by atoms with Gasteiger partial charge in [0.2, 0.25) is 0 Å². The lowest BCUT2D eigenvalue weighted by molar-refractivity contribution is 0.102. The minimum Gasteiger partial charge on any atom is -0.322 e. The first-order valence-electron chi connectivity index (χ1n) is 8.89. The van der Waals surface area contributed by atoms with Crippen LogP contribution in [0.1, 0.15) is 15.9 Å². The summed E-state index contributed by atoms with van der Waals surface area (Å²) in [6, 6.07) is 24.7. The molecule has 4 rings (SSSR count). The molecule has 0 saturated carbocycles. The second-order valence-electron chi connectivity index (χ2n) is 6.51. The van der Waals surface area contributed by atoms with E-state index in [9.17, 15) is 4.79 Å². The van der Waals surface area contributed by atoms with Crippen LogP contribution < -0.4 is 5.32 Å². The SMILES string of the molecule is Cc1cccc(NC(=O)c2cn(-c3ccccc3)nc2-c2cccc(Cl)c2)c1. The van der Waals surface area contributed by atoms with Gasteiger partial charge in [-0.2, -0.15) is 5.10 Å². The van der Waals surface area contributed by atoms with Gasteiger partial charge in [0.25, 0.3) is 5.91 Å². The maximum Gasteiger partial charge on any atom is 0.259 e. The minimum absolute atomic E-state index is 0.220. The van der Waals surface area contributed by atoms with Crippen LogP contribution in [0.4, 0.5) is 5.69 Å². The van der Waals surface area contributed by atoms with Gasteiger partial charge >= 0.3 is 0 Å². The van der Waals surface area contributed by atoms with Gasteiger partial charge in [0, 0.05) is 22.5 Å². The molecule has 1 amide bonds. The minimum atomic E-state index is -0.220. The Kier molecular flexibility index (Phi) is 4.96. The van der Waals surface area contributed by atoms with Crippen molar-refractivity contribution in [2.75, 3.05) is 5.32 Å². The summed E-state index contributed by atoms with van der Waals surface area (Å²) in [6.07, 6.45) is 1.75. The molecule has 0 aliphatic rings. The fourth-order valence-electron chi connectivity index (χ4n) is 3.02. The first-order valence-corrected chi connectivity index (χ1v) is 9.27. The summed E-state index contributed by atoms with van der Waals surface area (Å²) in [7, 11) is 0. The lowest BCUT2D eigenvalue weighted by atomic mass is 10.1. The van der Waals surface area contributed by atoms with Crippen LogP contribution in [0.5, 0.6) is 0 Å². The number of hydrogen-bond acceptors (Lipinski definition) is 2. The highest BCUT2D eigenvalue weighted by atomic mass is 35.5. The van der Waals surface area contributed by atoms with Crippen molar-refractivity contribution in [2.45, 2.75) is 6.92 Å². The fraction of sp³-hybridized carbons (Fsp3) is 0.0435. The second kappa shape index (κ2) is 7.71. The zero-order valence-corrected chi connectivity index (χ0v) is 16.0. The average molecular weight is 388 g/mol. The van der Waals surface area contributed by atoms with E-state index < -0.39 is 0 Å². The zero-order chi connectivity index (χ0) is 19.5. The Hall–Kier alpha value is -3.37. The van der Waals surface area contributed by atoms with Crippen LogP contribution in [-0.2, 0) is 0 Å². The van der Waals surface area contributed by atoms with Gasteiger partial charge < -0.3 is 5.32 Å². The molecule has 1 aromatic heterocycles. The molecule has 3 aromatic carbocycles. The first kappa shape index (κ1) is 18.0. The normalized spacial score (nSPS) is 10.6. The number of hydrogen-bond donors (Lipinski definition) is 1. The van der Waals surface area contributed by atoms with Crippen LogP contribution in [0.2, 0.25) is 5.02 Å². The van der Waals surface area contributed by atoms with Crippen LogP contribution >= 0.6 is 11.6 Å². The molecule has 0 fully saturated rings. The van der Waals surface area contributed by atoms with Gasteiger partial charge in [-0.05, 0) is 48.9 Å². The Morgan fingerprint density at radius 3 is 2.50 bits per heavy atom. The van der Waals surface area contributed by atoms with E-state index in [-0.39, 0.29) is 5.91 Å². The Morgan fingerprint density at radius 2 is 1.75 bits per heavy atom. The number of nitrogens with zero attached hydrogens (tertiary/aromatic N) is 2. The van der Waals surface area contributed by atoms with Crippen molar-refractivity contribution >= 4 is 23.2 Å². The number of carbonyl (C=O) groups is 1. The highest BCUT2D eigenvalue weighted by Crippen LogP contribution is 2.27. The van der Waals surface area contributed by atoms with Gasteiger partial charge in [0.05, 0.1) is 11.3 Å². The van der Waals surface area contributed by atoms with Crippen molar-refractivity contribution in [1.29, 1.82) is 0 Å². The van der Waals surface area contributed by atoms with E-state index in [2.05, 4.69) is 10.4 Å². The molecule has 0 unspecified atom stereocenters. The van der Waals surface area contributed by atoms with E-state index in [1.807, 2.05) is 79.7 Å². The number of amides is 1. The molecule has 4 nitrogen and oxygen atoms in total. The van der Waals surface area contributed by atoms with Gasteiger partial charge in [-0.25, -0.2) is 4.68 Å². The molecular formula is C23H18ClN3O. The molecule has 0 atom stereocenters. The van der Waals surface area contributed by atoms with Crippen LogP contribution in [0.25, 0.3) is 16.9 Å². The highest BCUT2D eigenvalue weighted by Gasteiger charge is 2.19. The van der Waals surface area contributed by atoms with Crippen molar-refractivity contribution in [1.82, 2.24) is 9.78 Å². The third-order valence-corrected chi connectivity index (χ3v) is 4.59. The van der Waals surface area contributed by atoms with Crippen molar-refractivity contribution in [2.24, 2.45) is 0 Å². The zero-order valence-electron chi connectivity index (χ0n) is 15.3. The Bertz CT molecular complexity index is 1140. The third kappa shape index (κ3) is 3.82. The molecule has 1 heterocycles. The average Bonchev–Trinajstić information content (AvgIpc) is 3.14. The number of nitrogens with one attached hydrogen (secondary N) is 1. The van der Waals surface area contributed by atoms with Crippen LogP contribution in [0, 0.1) is 6.92 Å². The summed E-state index contributed by atoms with van der Waals surface area (Å²) in [6.45, 7) is 1.99. The van der Waals surface area contributed by atoms with Crippen LogP contribution in [-0.4, -0.2) is 15.7 Å². The Morgan fingerprint density at radius 1 is 0.964 bits per heavy atom. The van der Waals surface area contributed by atoms with Gasteiger partial charge in [0.15, 0.2) is 0 Å². The van der Waals surface area contributed by atoms with Crippen molar-refractivity contribution in [3.05, 3.63) is 101 Å². The fourth-order valence-corrected chi connectivity index (χ4v) is 3.21. The van der Waals surface area contributed by atoms with Crippen molar-refractivity contribution < 1.29 is 4.79 Å². The predicted molar refractivity (Wildman–Crippen MR) is 113 cm³/mol. The maximum atomic E-state index is 13.1. The van der Waals surface area contributed by atoms with Crippen molar-refractivity contribution in [3.8, 4) is 16.9 Å². The molecule has 4 aromatic rings. The van der Waals surface area contributed by atoms with E-state index in [1.54, 1.807) is 16.9 Å². The molecule has 5 heteroatoms. The molecule has 0 saturated heterocycles. The van der Waals surface area contributed by atoms with E-state index in [1.165, 1.54) is 0 Å². The molecular weight excluding hydrogens is 370 g/mol. The quantitative estimate of drug-likeness (QED) is 0.484. The third-order valence-electron chi connectivity index (χ3n) is 4.35. The standard InChI is InChI=1S/C23H18ClN3O/c1-16-7-5-10-19(13-16)25-23(28)21-15-27(20-11-3-2-4-12-20)26-22(21)17-8-6-9-18(24)14-17/h2-15H,1H3,(H,25,28). The van der Waals surface area contributed by atoms with Crippen LogP contribution in [0.15, 0.2) is 85.1 Å². The molecule has 0 spiro atoms. The van der Waals surface area contributed by atoms with Gasteiger partial charge in [-0.3, -0.25) is 4.79 Å². The summed E-state index contributed by atoms with van der Waals surface area (Å²) in [5.74, 6) is -0.220. The van der Waals surface area contributed by atoms with Gasteiger partial charge in [0.1, 0.15) is 5.69 Å². The Balaban J connectivity index is 1.78. The lowest BCUT2D eigenvalue weighted by Crippen LogP contribution is -2.12. The van der Waals surface area contributed by atoms with Crippen molar-refractivity contribution in [3.63, 3.8) is 0 Å². The summed E-state index contributed by atoms with van der Waals surface area (Å²) in [4.78, 5) is 13.1.